The molecule has 6 atom stereocenters. The summed E-state index contributed by atoms with van der Waals surface area (Å²) in [5.74, 6) is -2.68. The lowest BCUT2D eigenvalue weighted by molar-refractivity contribution is -0.139. The molecule has 18 heteroatoms. The molecule has 5 rings (SSSR count). The second-order valence-electron chi connectivity index (χ2n) is 18.0. The number of aliphatic hydroxyl groups is 2. The van der Waals surface area contributed by atoms with Gasteiger partial charge in [-0.25, -0.2) is 14.0 Å². The molecule has 2 aliphatic heterocycles. The minimum atomic E-state index is -1.18. The number of nitrogens with two attached hydrogens (primary N) is 2. The van der Waals surface area contributed by atoms with Gasteiger partial charge in [-0.3, -0.25) is 19.2 Å². The summed E-state index contributed by atoms with van der Waals surface area (Å²) in [5.41, 5.74) is 12.8. The van der Waals surface area contributed by atoms with E-state index in [-0.39, 0.29) is 38.8 Å². The molecule has 0 spiro atoms. The number of hydrogen-bond donors (Lipinski definition) is 6. The predicted octanol–water partition coefficient (Wildman–Crippen LogP) is 3.55. The summed E-state index contributed by atoms with van der Waals surface area (Å²) < 4.78 is 23.7. The van der Waals surface area contributed by atoms with Gasteiger partial charge in [0.2, 0.25) is 23.6 Å². The molecular weight excluding hydrogens is 830 g/mol. The van der Waals surface area contributed by atoms with Crippen molar-refractivity contribution in [2.24, 2.45) is 22.3 Å². The van der Waals surface area contributed by atoms with Crippen molar-refractivity contribution in [2.75, 3.05) is 32.2 Å². The highest BCUT2D eigenvalue weighted by Gasteiger charge is 2.46. The van der Waals surface area contributed by atoms with E-state index in [0.29, 0.717) is 13.1 Å². The molecule has 0 saturated carbocycles. The van der Waals surface area contributed by atoms with E-state index >= 15 is 0 Å². The van der Waals surface area contributed by atoms with E-state index < -0.39 is 88.8 Å². The predicted molar refractivity (Wildman–Crippen MR) is 233 cm³/mol. The van der Waals surface area contributed by atoms with Gasteiger partial charge in [0.15, 0.2) is 0 Å². The molecule has 3 aromatic carbocycles. The molecule has 0 aliphatic carbocycles. The zero-order chi connectivity index (χ0) is 47.1. The largest absolute Gasteiger partial charge is 0.453 e. The Hall–Kier alpha value is -6.27. The van der Waals surface area contributed by atoms with Gasteiger partial charge in [-0.2, -0.15) is 0 Å². The number of benzene rings is 3. The monoisotopic (exact) mass is 889 g/mol. The summed E-state index contributed by atoms with van der Waals surface area (Å²) in [4.78, 5) is 81.8. The van der Waals surface area contributed by atoms with Crippen molar-refractivity contribution in [3.63, 3.8) is 0 Å². The van der Waals surface area contributed by atoms with E-state index in [2.05, 4.69) is 15.5 Å². The second-order valence-corrected chi connectivity index (χ2v) is 18.0. The molecule has 6 amide bonds. The quantitative estimate of drug-likeness (QED) is 0.114. The standard InChI is InChI=1S/C46H60FN7O10/c1-45(2,21-37(48)57)39(50-43(61)63-5)41(59)53-25-33(55)19-35(53)29-11-7-27(8-12-29)23-52(32-17-15-31(47)16-18-32)24-28-9-13-30(14-10-28)36-20-34(56)26-54(36)42(60)40(51-44(62)64-6)46(3,4)22-38(49)58/h7-18,33-36,39-40,55-56H,19-26H2,1-6H3,(H2,48,57)(H2,49,58)(H,50,61)(H,51,62)/t33-,34-,35-,36-,39+,40+/m0/s1. The van der Waals surface area contributed by atoms with Gasteiger partial charge in [-0.1, -0.05) is 76.2 Å². The molecule has 8 N–H and O–H groups in total. The van der Waals surface area contributed by atoms with Crippen molar-refractivity contribution in [1.82, 2.24) is 20.4 Å². The van der Waals surface area contributed by atoms with Crippen molar-refractivity contribution in [3.05, 3.63) is 101 Å². The topological polar surface area (TPSA) is 247 Å². The normalized spacial score (nSPS) is 19.6. The number of hydrogen-bond acceptors (Lipinski definition) is 11. The summed E-state index contributed by atoms with van der Waals surface area (Å²) in [5, 5.41) is 26.7. The first-order valence-corrected chi connectivity index (χ1v) is 21.0. The van der Waals surface area contributed by atoms with Crippen LogP contribution in [-0.2, 0) is 41.7 Å². The average Bonchev–Trinajstić information content (AvgIpc) is 3.83. The number of rotatable bonds is 17. The van der Waals surface area contributed by atoms with E-state index in [4.69, 9.17) is 20.9 Å². The number of β-amino-alcohol motifs (C(OH)–C–C–N with tert-alkyl or cyclic N) is 2. The molecule has 0 aromatic heterocycles. The Labute approximate surface area is 372 Å². The lowest BCUT2D eigenvalue weighted by Gasteiger charge is -2.37. The zero-order valence-corrected chi connectivity index (χ0v) is 37.1. The average molecular weight is 890 g/mol. The Morgan fingerprint density at radius 2 is 1.03 bits per heavy atom. The van der Waals surface area contributed by atoms with Crippen LogP contribution in [0.4, 0.5) is 19.7 Å². The first-order chi connectivity index (χ1) is 30.1. The van der Waals surface area contributed by atoms with Crippen LogP contribution in [0, 0.1) is 16.6 Å². The molecule has 3 aromatic rings. The van der Waals surface area contributed by atoms with Gasteiger partial charge in [-0.05, 0) is 59.4 Å². The van der Waals surface area contributed by atoms with E-state index in [0.717, 1.165) is 27.9 Å². The molecule has 2 fully saturated rings. The number of primary amides is 2. The third-order valence-electron chi connectivity index (χ3n) is 12.0. The fraction of sp³-hybridized carbons (Fsp3) is 0.478. The fourth-order valence-electron chi connectivity index (χ4n) is 8.74. The molecule has 0 bridgehead atoms. The van der Waals surface area contributed by atoms with Crippen LogP contribution >= 0.6 is 0 Å². The molecule has 346 valence electrons. The van der Waals surface area contributed by atoms with Gasteiger partial charge >= 0.3 is 12.2 Å². The summed E-state index contributed by atoms with van der Waals surface area (Å²) in [7, 11) is 2.34. The molecule has 64 heavy (non-hydrogen) atoms. The molecule has 2 heterocycles. The number of halogens is 1. The number of methoxy groups -OCH3 is 2. The number of amides is 6. The summed E-state index contributed by atoms with van der Waals surface area (Å²) >= 11 is 0. The molecule has 0 radical (unpaired) electrons. The van der Waals surface area contributed by atoms with Gasteiger partial charge in [0.05, 0.1) is 38.5 Å². The highest BCUT2D eigenvalue weighted by atomic mass is 19.1. The van der Waals surface area contributed by atoms with Gasteiger partial charge in [-0.15, -0.1) is 0 Å². The molecular formula is C46H60FN7O10. The van der Waals surface area contributed by atoms with E-state index in [1.807, 2.05) is 48.5 Å². The maximum atomic E-state index is 14.1. The first kappa shape index (κ1) is 48.8. The minimum absolute atomic E-state index is 0.00626. The number of alkyl carbamates (subject to hydrolysis) is 2. The van der Waals surface area contributed by atoms with Gasteiger partial charge in [0, 0.05) is 55.5 Å². The number of carbonyl (C=O) groups excluding carboxylic acids is 6. The lowest BCUT2D eigenvalue weighted by atomic mass is 9.80. The van der Waals surface area contributed by atoms with Crippen LogP contribution in [0.2, 0.25) is 0 Å². The SMILES string of the molecule is COC(=O)N[C@H](C(=O)N1C[C@@H](O)C[C@H]1c1ccc(CN(Cc2ccc([C@@H]3C[C@H](O)CN3C(=O)[C@@H](NC(=O)OC)C(C)(C)CC(N)=O)cc2)c2ccc(F)cc2)cc1)C(C)(C)CC(N)=O. The number of carbonyl (C=O) groups is 6. The lowest BCUT2D eigenvalue weighted by Crippen LogP contribution is -2.56. The molecule has 17 nitrogen and oxygen atoms in total. The van der Waals surface area contributed by atoms with Crippen molar-refractivity contribution in [2.45, 2.75) is 103 Å². The number of anilines is 1. The van der Waals surface area contributed by atoms with Crippen molar-refractivity contribution >= 4 is 41.5 Å². The Morgan fingerprint density at radius 1 is 0.672 bits per heavy atom. The third kappa shape index (κ3) is 12.0. The number of aliphatic hydroxyl groups excluding tert-OH is 2. The Balaban J connectivity index is 1.36. The van der Waals surface area contributed by atoms with Crippen molar-refractivity contribution < 1.29 is 52.8 Å². The molecule has 2 saturated heterocycles. The van der Waals surface area contributed by atoms with Crippen LogP contribution in [0.5, 0.6) is 0 Å². The minimum Gasteiger partial charge on any atom is -0.453 e. The van der Waals surface area contributed by atoms with Crippen molar-refractivity contribution in [1.29, 1.82) is 0 Å². The smallest absolute Gasteiger partial charge is 0.407 e. The van der Waals surface area contributed by atoms with Gasteiger partial charge in [0.1, 0.15) is 17.9 Å². The Morgan fingerprint density at radius 3 is 1.36 bits per heavy atom. The molecule has 2 aliphatic rings. The van der Waals surface area contributed by atoms with E-state index in [1.54, 1.807) is 39.8 Å². The summed E-state index contributed by atoms with van der Waals surface area (Å²) in [6.07, 6.45) is -3.28. The van der Waals surface area contributed by atoms with Gasteiger partial charge in [0.25, 0.3) is 0 Å². The maximum Gasteiger partial charge on any atom is 0.407 e. The number of ether oxygens (including phenoxy) is 2. The number of likely N-dealkylation sites (tertiary alicyclic amines) is 2. The van der Waals surface area contributed by atoms with E-state index in [9.17, 15) is 43.4 Å². The van der Waals surface area contributed by atoms with Crippen LogP contribution in [0.3, 0.4) is 0 Å². The summed E-state index contributed by atoms with van der Waals surface area (Å²) in [6, 6.07) is 17.8. The van der Waals surface area contributed by atoms with Crippen molar-refractivity contribution in [3.8, 4) is 0 Å². The summed E-state index contributed by atoms with van der Waals surface area (Å²) in [6.45, 7) is 7.38. The first-order valence-electron chi connectivity index (χ1n) is 21.0. The zero-order valence-electron chi connectivity index (χ0n) is 37.1. The van der Waals surface area contributed by atoms with Crippen LogP contribution in [0.1, 0.15) is 87.7 Å². The maximum absolute atomic E-state index is 14.1. The Bertz CT molecular complexity index is 2020. The van der Waals surface area contributed by atoms with Crippen LogP contribution < -0.4 is 27.0 Å². The number of nitrogens with zero attached hydrogens (tertiary/aromatic N) is 3. The van der Waals surface area contributed by atoms with Crippen LogP contribution in [-0.4, -0.2) is 107 Å². The van der Waals surface area contributed by atoms with Crippen LogP contribution in [0.25, 0.3) is 0 Å². The molecule has 0 unspecified atom stereocenters. The highest BCUT2D eigenvalue weighted by Crippen LogP contribution is 2.38. The second kappa shape index (κ2) is 20.5. The third-order valence-corrected chi connectivity index (χ3v) is 12.0. The van der Waals surface area contributed by atoms with Gasteiger partial charge < -0.3 is 56.5 Å². The van der Waals surface area contributed by atoms with Crippen LogP contribution in [0.15, 0.2) is 72.8 Å². The highest BCUT2D eigenvalue weighted by molar-refractivity contribution is 5.89. The fourth-order valence-corrected chi connectivity index (χ4v) is 8.74. The number of nitrogens with one attached hydrogen (secondary N) is 2. The van der Waals surface area contributed by atoms with E-state index in [1.165, 1.54) is 36.2 Å². The Kier molecular flexibility index (Phi) is 15.6.